The van der Waals surface area contributed by atoms with E-state index in [9.17, 15) is 14.4 Å². The molecule has 8 heteroatoms. The van der Waals surface area contributed by atoms with Gasteiger partial charge >= 0.3 is 5.97 Å². The van der Waals surface area contributed by atoms with Gasteiger partial charge in [0, 0.05) is 51.0 Å². The van der Waals surface area contributed by atoms with E-state index in [1.807, 2.05) is 23.1 Å². The fourth-order valence-corrected chi connectivity index (χ4v) is 4.29. The van der Waals surface area contributed by atoms with Crippen LogP contribution in [0.1, 0.15) is 27.4 Å². The second kappa shape index (κ2) is 9.40. The number of rotatable bonds is 6. The zero-order chi connectivity index (χ0) is 22.7. The number of fused-ring (bicyclic) bond motifs is 1. The van der Waals surface area contributed by atoms with Crippen molar-refractivity contribution < 1.29 is 23.9 Å². The maximum absolute atomic E-state index is 13.3. The van der Waals surface area contributed by atoms with Gasteiger partial charge in [-0.15, -0.1) is 0 Å². The first-order valence-corrected chi connectivity index (χ1v) is 10.6. The second-order valence-corrected chi connectivity index (χ2v) is 7.98. The van der Waals surface area contributed by atoms with Gasteiger partial charge in [-0.2, -0.15) is 0 Å². The molecule has 4 rings (SSSR count). The number of esters is 1. The van der Waals surface area contributed by atoms with E-state index in [1.54, 1.807) is 12.1 Å². The van der Waals surface area contributed by atoms with Crippen LogP contribution in [-0.2, 0) is 20.9 Å². The summed E-state index contributed by atoms with van der Waals surface area (Å²) in [5.41, 5.74) is 2.95. The van der Waals surface area contributed by atoms with E-state index in [0.29, 0.717) is 35.7 Å². The van der Waals surface area contributed by atoms with E-state index in [2.05, 4.69) is 27.1 Å². The van der Waals surface area contributed by atoms with Crippen LogP contribution in [0.15, 0.2) is 42.5 Å². The number of nitrogens with one attached hydrogen (secondary N) is 1. The number of benzene rings is 2. The molecule has 1 atom stereocenters. The average Bonchev–Trinajstić information content (AvgIpc) is 3.25. The number of nitrogens with zero attached hydrogens (tertiary/aromatic N) is 2. The van der Waals surface area contributed by atoms with Gasteiger partial charge in [-0.1, -0.05) is 30.3 Å². The minimum atomic E-state index is -0.886. The minimum Gasteiger partial charge on any atom is -0.496 e. The van der Waals surface area contributed by atoms with E-state index in [1.165, 1.54) is 19.8 Å². The number of ketones is 1. The molecule has 2 heterocycles. The van der Waals surface area contributed by atoms with E-state index in [4.69, 9.17) is 4.74 Å². The zero-order valence-electron chi connectivity index (χ0n) is 18.3. The summed E-state index contributed by atoms with van der Waals surface area (Å²) in [5, 5.41) is 3.12. The van der Waals surface area contributed by atoms with Crippen LogP contribution in [0.25, 0.3) is 0 Å². The Hall–Kier alpha value is -3.39. The quantitative estimate of drug-likeness (QED) is 0.546. The molecule has 0 radical (unpaired) electrons. The van der Waals surface area contributed by atoms with Gasteiger partial charge in [0.05, 0.1) is 25.7 Å². The first-order chi connectivity index (χ1) is 15.5. The Bertz CT molecular complexity index is 1020. The Morgan fingerprint density at radius 2 is 1.75 bits per heavy atom. The number of carbonyl (C=O) groups is 3. The molecular formula is C24H27N3O5. The van der Waals surface area contributed by atoms with Crippen molar-refractivity contribution >= 4 is 23.3 Å². The highest BCUT2D eigenvalue weighted by Crippen LogP contribution is 2.38. The molecule has 2 aromatic rings. The minimum absolute atomic E-state index is 0.139. The molecule has 2 aliphatic heterocycles. The highest BCUT2D eigenvalue weighted by Gasteiger charge is 2.35. The van der Waals surface area contributed by atoms with Crippen LogP contribution in [0.5, 0.6) is 5.75 Å². The highest BCUT2D eigenvalue weighted by atomic mass is 16.5. The van der Waals surface area contributed by atoms with Gasteiger partial charge in [-0.05, 0) is 17.2 Å². The van der Waals surface area contributed by atoms with Crippen molar-refractivity contribution in [3.63, 3.8) is 0 Å². The van der Waals surface area contributed by atoms with Crippen LogP contribution in [0.2, 0.25) is 0 Å². The summed E-state index contributed by atoms with van der Waals surface area (Å²) in [6, 6.07) is 13.7. The fourth-order valence-electron chi connectivity index (χ4n) is 4.29. The summed E-state index contributed by atoms with van der Waals surface area (Å²) in [6.45, 7) is 3.90. The monoisotopic (exact) mass is 437 g/mol. The Balaban J connectivity index is 1.49. The highest BCUT2D eigenvalue weighted by molar-refractivity contribution is 6.36. The largest absolute Gasteiger partial charge is 0.496 e. The Kier molecular flexibility index (Phi) is 6.41. The van der Waals surface area contributed by atoms with E-state index in [-0.39, 0.29) is 12.5 Å². The first kappa shape index (κ1) is 21.8. The molecule has 0 spiro atoms. The molecule has 2 aliphatic rings. The molecule has 1 fully saturated rings. The SMILES string of the molecule is COC(=O)C(=O)C1CNc2cc(OC)c(C(=O)N3CCN(Cc4ccccc4)CC3)cc21. The smallest absolute Gasteiger partial charge is 0.375 e. The molecule has 0 saturated carbocycles. The topological polar surface area (TPSA) is 88.2 Å². The number of hydrogen-bond acceptors (Lipinski definition) is 7. The molecule has 1 amide bonds. The summed E-state index contributed by atoms with van der Waals surface area (Å²) in [6.07, 6.45) is 0. The number of piperazine rings is 1. The summed E-state index contributed by atoms with van der Waals surface area (Å²) in [4.78, 5) is 41.7. The van der Waals surface area contributed by atoms with Gasteiger partial charge in [0.25, 0.3) is 5.91 Å². The van der Waals surface area contributed by atoms with Crippen molar-refractivity contribution in [3.8, 4) is 5.75 Å². The Labute approximate surface area is 187 Å². The molecule has 32 heavy (non-hydrogen) atoms. The third-order valence-corrected chi connectivity index (χ3v) is 6.09. The lowest BCUT2D eigenvalue weighted by molar-refractivity contribution is -0.152. The molecule has 1 unspecified atom stereocenters. The molecule has 1 saturated heterocycles. The maximum Gasteiger partial charge on any atom is 0.375 e. The lowest BCUT2D eigenvalue weighted by atomic mass is 9.94. The predicted octanol–water partition coefficient (Wildman–Crippen LogP) is 1.90. The number of carbonyl (C=O) groups excluding carboxylic acids is 3. The lowest BCUT2D eigenvalue weighted by Gasteiger charge is -2.35. The van der Waals surface area contributed by atoms with E-state index < -0.39 is 17.7 Å². The van der Waals surface area contributed by atoms with Crippen LogP contribution >= 0.6 is 0 Å². The van der Waals surface area contributed by atoms with Crippen molar-refractivity contribution in [2.24, 2.45) is 0 Å². The molecule has 0 aromatic heterocycles. The van der Waals surface area contributed by atoms with Gasteiger partial charge in [0.15, 0.2) is 0 Å². The van der Waals surface area contributed by atoms with Crippen molar-refractivity contribution in [2.45, 2.75) is 12.5 Å². The van der Waals surface area contributed by atoms with Crippen molar-refractivity contribution in [2.75, 3.05) is 52.3 Å². The number of Topliss-reactive ketones (excluding diaryl/α,β-unsaturated/α-hetero) is 1. The van der Waals surface area contributed by atoms with Crippen LogP contribution in [0.4, 0.5) is 5.69 Å². The average molecular weight is 437 g/mol. The molecular weight excluding hydrogens is 410 g/mol. The lowest BCUT2D eigenvalue weighted by Crippen LogP contribution is -2.48. The molecule has 0 aliphatic carbocycles. The predicted molar refractivity (Wildman–Crippen MR) is 119 cm³/mol. The number of methoxy groups -OCH3 is 2. The van der Waals surface area contributed by atoms with Gasteiger partial charge in [-0.25, -0.2) is 4.79 Å². The standard InChI is InChI=1S/C24H27N3O5/c1-31-21-13-20-17(19(14-25-20)22(28)24(30)32-2)12-18(21)23(29)27-10-8-26(9-11-27)15-16-6-4-3-5-7-16/h3-7,12-13,19,25H,8-11,14-15H2,1-2H3. The zero-order valence-corrected chi connectivity index (χ0v) is 18.3. The number of hydrogen-bond donors (Lipinski definition) is 1. The van der Waals surface area contributed by atoms with Crippen LogP contribution < -0.4 is 10.1 Å². The second-order valence-electron chi connectivity index (χ2n) is 7.98. The molecule has 168 valence electrons. The third kappa shape index (κ3) is 4.31. The van der Waals surface area contributed by atoms with Crippen LogP contribution in [0, 0.1) is 0 Å². The normalized spacial score (nSPS) is 17.9. The van der Waals surface area contributed by atoms with Crippen LogP contribution in [0.3, 0.4) is 0 Å². The molecule has 2 aromatic carbocycles. The summed E-state index contributed by atoms with van der Waals surface area (Å²) in [5.74, 6) is -1.89. The number of amides is 1. The summed E-state index contributed by atoms with van der Waals surface area (Å²) < 4.78 is 10.1. The Morgan fingerprint density at radius 1 is 1.03 bits per heavy atom. The molecule has 1 N–H and O–H groups in total. The van der Waals surface area contributed by atoms with E-state index >= 15 is 0 Å². The molecule has 8 nitrogen and oxygen atoms in total. The van der Waals surface area contributed by atoms with Crippen LogP contribution in [-0.4, -0.2) is 74.4 Å². The van der Waals surface area contributed by atoms with E-state index in [0.717, 1.165) is 19.6 Å². The summed E-state index contributed by atoms with van der Waals surface area (Å²) >= 11 is 0. The van der Waals surface area contributed by atoms with Crippen molar-refractivity contribution in [3.05, 3.63) is 59.2 Å². The Morgan fingerprint density at radius 3 is 2.41 bits per heavy atom. The van der Waals surface area contributed by atoms with Gasteiger partial charge in [-0.3, -0.25) is 14.5 Å². The summed E-state index contributed by atoms with van der Waals surface area (Å²) in [7, 11) is 2.70. The molecule has 0 bridgehead atoms. The van der Waals surface area contributed by atoms with Crippen molar-refractivity contribution in [1.82, 2.24) is 9.80 Å². The van der Waals surface area contributed by atoms with Gasteiger partial charge in [0.1, 0.15) is 5.75 Å². The maximum atomic E-state index is 13.3. The van der Waals surface area contributed by atoms with Gasteiger partial charge < -0.3 is 19.7 Å². The third-order valence-electron chi connectivity index (χ3n) is 6.09. The van der Waals surface area contributed by atoms with Crippen molar-refractivity contribution in [1.29, 1.82) is 0 Å². The number of anilines is 1. The fraction of sp³-hybridized carbons (Fsp3) is 0.375. The first-order valence-electron chi connectivity index (χ1n) is 10.6. The van der Waals surface area contributed by atoms with Gasteiger partial charge in [0.2, 0.25) is 5.78 Å². The number of ether oxygens (including phenoxy) is 2.